The Bertz CT molecular complexity index is 465. The average Bonchev–Trinajstić information content (AvgIpc) is 3.17. The van der Waals surface area contributed by atoms with Crippen LogP contribution in [0.1, 0.15) is 42.0 Å². The summed E-state index contributed by atoms with van der Waals surface area (Å²) in [5.74, 6) is 1.10. The summed E-state index contributed by atoms with van der Waals surface area (Å²) in [6.45, 7) is 4.37. The van der Waals surface area contributed by atoms with Crippen molar-refractivity contribution in [2.75, 3.05) is 26.2 Å². The molecule has 20 heavy (non-hydrogen) atoms. The van der Waals surface area contributed by atoms with Crippen molar-refractivity contribution in [1.29, 1.82) is 0 Å². The predicted molar refractivity (Wildman–Crippen MR) is 76.3 cm³/mol. The van der Waals surface area contributed by atoms with Crippen molar-refractivity contribution in [2.24, 2.45) is 5.73 Å². The highest BCUT2D eigenvalue weighted by molar-refractivity contribution is 5.91. The van der Waals surface area contributed by atoms with Crippen LogP contribution in [0.5, 0.6) is 0 Å². The van der Waals surface area contributed by atoms with Crippen LogP contribution in [0.2, 0.25) is 0 Å². The van der Waals surface area contributed by atoms with Gasteiger partial charge in [0.1, 0.15) is 5.76 Å². The quantitative estimate of drug-likeness (QED) is 0.908. The topological polar surface area (TPSA) is 62.7 Å². The van der Waals surface area contributed by atoms with Crippen molar-refractivity contribution < 1.29 is 9.21 Å². The van der Waals surface area contributed by atoms with Gasteiger partial charge in [-0.2, -0.15) is 0 Å². The molecule has 0 bridgehead atoms. The van der Waals surface area contributed by atoms with Gasteiger partial charge in [-0.25, -0.2) is 0 Å². The molecule has 2 aliphatic heterocycles. The van der Waals surface area contributed by atoms with E-state index in [0.717, 1.165) is 19.5 Å². The normalized spacial score (nSPS) is 24.2. The van der Waals surface area contributed by atoms with Gasteiger partial charge < -0.3 is 15.1 Å². The van der Waals surface area contributed by atoms with Crippen LogP contribution in [-0.2, 0) is 6.54 Å². The standard InChI is InChI=1S/C15H23N3O2/c16-10-13-5-6-14(20-13)15(19)18-9-3-4-12(11-18)17-7-1-2-8-17/h5-6,12H,1-4,7-11,16H2. The number of furan rings is 1. The minimum absolute atomic E-state index is 0.00796. The number of amides is 1. The van der Waals surface area contributed by atoms with Crippen LogP contribution in [0.4, 0.5) is 0 Å². The van der Waals surface area contributed by atoms with Gasteiger partial charge in [0.2, 0.25) is 0 Å². The molecule has 3 rings (SSSR count). The number of likely N-dealkylation sites (tertiary alicyclic amines) is 2. The SMILES string of the molecule is NCc1ccc(C(=O)N2CCCC(N3CCCC3)C2)o1. The van der Waals surface area contributed by atoms with Crippen LogP contribution in [-0.4, -0.2) is 47.9 Å². The highest BCUT2D eigenvalue weighted by Crippen LogP contribution is 2.22. The molecular weight excluding hydrogens is 254 g/mol. The number of rotatable bonds is 3. The molecule has 2 saturated heterocycles. The van der Waals surface area contributed by atoms with Crippen molar-refractivity contribution in [3.05, 3.63) is 23.7 Å². The van der Waals surface area contributed by atoms with Crippen LogP contribution in [0.15, 0.2) is 16.5 Å². The lowest BCUT2D eigenvalue weighted by atomic mass is 10.0. The summed E-state index contributed by atoms with van der Waals surface area (Å²) < 4.78 is 5.48. The Morgan fingerprint density at radius 1 is 1.25 bits per heavy atom. The molecule has 1 unspecified atom stereocenters. The zero-order valence-corrected chi connectivity index (χ0v) is 11.9. The van der Waals surface area contributed by atoms with Crippen molar-refractivity contribution in [1.82, 2.24) is 9.80 Å². The molecular formula is C15H23N3O2. The Labute approximate surface area is 119 Å². The van der Waals surface area contributed by atoms with E-state index in [-0.39, 0.29) is 5.91 Å². The number of piperidine rings is 1. The fraction of sp³-hybridized carbons (Fsp3) is 0.667. The van der Waals surface area contributed by atoms with E-state index in [0.29, 0.717) is 24.1 Å². The number of nitrogens with zero attached hydrogens (tertiary/aromatic N) is 2. The second kappa shape index (κ2) is 5.97. The highest BCUT2D eigenvalue weighted by atomic mass is 16.4. The largest absolute Gasteiger partial charge is 0.455 e. The smallest absolute Gasteiger partial charge is 0.289 e. The molecule has 2 fully saturated rings. The summed E-state index contributed by atoms with van der Waals surface area (Å²) >= 11 is 0. The average molecular weight is 277 g/mol. The van der Waals surface area contributed by atoms with Gasteiger partial charge in [0.05, 0.1) is 6.54 Å². The monoisotopic (exact) mass is 277 g/mol. The molecule has 0 saturated carbocycles. The first-order valence-corrected chi connectivity index (χ1v) is 7.60. The van der Waals surface area contributed by atoms with Crippen molar-refractivity contribution in [3.8, 4) is 0 Å². The summed E-state index contributed by atoms with van der Waals surface area (Å²) in [5.41, 5.74) is 5.52. The molecule has 1 atom stereocenters. The molecule has 5 nitrogen and oxygen atoms in total. The van der Waals surface area contributed by atoms with Crippen molar-refractivity contribution in [3.63, 3.8) is 0 Å². The van der Waals surface area contributed by atoms with Crippen LogP contribution in [0, 0.1) is 0 Å². The number of hydrogen-bond donors (Lipinski definition) is 1. The molecule has 2 N–H and O–H groups in total. The lowest BCUT2D eigenvalue weighted by Gasteiger charge is -2.37. The third kappa shape index (κ3) is 2.74. The fourth-order valence-corrected chi connectivity index (χ4v) is 3.30. The molecule has 0 radical (unpaired) electrons. The molecule has 0 aliphatic carbocycles. The third-order valence-corrected chi connectivity index (χ3v) is 4.41. The van der Waals surface area contributed by atoms with Crippen LogP contribution < -0.4 is 5.73 Å². The van der Waals surface area contributed by atoms with Gasteiger partial charge in [-0.1, -0.05) is 0 Å². The van der Waals surface area contributed by atoms with E-state index < -0.39 is 0 Å². The zero-order valence-electron chi connectivity index (χ0n) is 11.9. The summed E-state index contributed by atoms with van der Waals surface area (Å²) in [5, 5.41) is 0. The van der Waals surface area contributed by atoms with E-state index in [1.807, 2.05) is 4.90 Å². The Balaban J connectivity index is 1.65. The Morgan fingerprint density at radius 3 is 2.75 bits per heavy atom. The van der Waals surface area contributed by atoms with E-state index in [1.54, 1.807) is 12.1 Å². The summed E-state index contributed by atoms with van der Waals surface area (Å²) in [4.78, 5) is 16.9. The molecule has 0 spiro atoms. The second-order valence-electron chi connectivity index (χ2n) is 5.76. The maximum atomic E-state index is 12.5. The fourth-order valence-electron chi connectivity index (χ4n) is 3.30. The maximum Gasteiger partial charge on any atom is 0.289 e. The van der Waals surface area contributed by atoms with E-state index in [1.165, 1.54) is 32.4 Å². The summed E-state index contributed by atoms with van der Waals surface area (Å²) in [6, 6.07) is 4.05. The number of hydrogen-bond acceptors (Lipinski definition) is 4. The first-order chi connectivity index (χ1) is 9.78. The summed E-state index contributed by atoms with van der Waals surface area (Å²) in [6.07, 6.45) is 4.87. The molecule has 1 aromatic rings. The van der Waals surface area contributed by atoms with Gasteiger partial charge in [0.15, 0.2) is 5.76 Å². The molecule has 0 aromatic carbocycles. The van der Waals surface area contributed by atoms with Gasteiger partial charge in [0, 0.05) is 19.1 Å². The maximum absolute atomic E-state index is 12.5. The van der Waals surface area contributed by atoms with Crippen molar-refractivity contribution >= 4 is 5.91 Å². The van der Waals surface area contributed by atoms with Crippen LogP contribution in [0.25, 0.3) is 0 Å². The minimum Gasteiger partial charge on any atom is -0.455 e. The number of carbonyl (C=O) groups is 1. The van der Waals surface area contributed by atoms with Gasteiger partial charge in [-0.3, -0.25) is 9.69 Å². The lowest BCUT2D eigenvalue weighted by molar-refractivity contribution is 0.0576. The Kier molecular flexibility index (Phi) is 4.08. The Hall–Kier alpha value is -1.33. The van der Waals surface area contributed by atoms with Crippen molar-refractivity contribution in [2.45, 2.75) is 38.3 Å². The van der Waals surface area contributed by atoms with Gasteiger partial charge >= 0.3 is 0 Å². The van der Waals surface area contributed by atoms with Crippen LogP contribution >= 0.6 is 0 Å². The molecule has 1 aromatic heterocycles. The second-order valence-corrected chi connectivity index (χ2v) is 5.76. The molecule has 110 valence electrons. The first kappa shape index (κ1) is 13.6. The lowest BCUT2D eigenvalue weighted by Crippen LogP contribution is -2.48. The molecule has 1 amide bonds. The molecule has 5 heteroatoms. The highest BCUT2D eigenvalue weighted by Gasteiger charge is 2.30. The van der Waals surface area contributed by atoms with E-state index in [4.69, 9.17) is 10.2 Å². The van der Waals surface area contributed by atoms with Gasteiger partial charge in [-0.05, 0) is 50.9 Å². The summed E-state index contributed by atoms with van der Waals surface area (Å²) in [7, 11) is 0. The van der Waals surface area contributed by atoms with E-state index >= 15 is 0 Å². The van der Waals surface area contributed by atoms with E-state index in [2.05, 4.69) is 4.90 Å². The minimum atomic E-state index is 0.00796. The number of carbonyl (C=O) groups excluding carboxylic acids is 1. The molecule has 2 aliphatic rings. The predicted octanol–water partition coefficient (Wildman–Crippen LogP) is 1.44. The first-order valence-electron chi connectivity index (χ1n) is 7.60. The van der Waals surface area contributed by atoms with Crippen LogP contribution in [0.3, 0.4) is 0 Å². The Morgan fingerprint density at radius 2 is 2.05 bits per heavy atom. The third-order valence-electron chi connectivity index (χ3n) is 4.41. The van der Waals surface area contributed by atoms with Gasteiger partial charge in [0.25, 0.3) is 5.91 Å². The zero-order chi connectivity index (χ0) is 13.9. The molecule has 3 heterocycles. The van der Waals surface area contributed by atoms with Gasteiger partial charge in [-0.15, -0.1) is 0 Å². The number of nitrogens with two attached hydrogens (primary N) is 1. The van der Waals surface area contributed by atoms with E-state index in [9.17, 15) is 4.79 Å².